The van der Waals surface area contributed by atoms with Crippen LogP contribution in [0.15, 0.2) is 89.9 Å². The molecule has 18 heteroatoms. The molecule has 0 saturated carbocycles. The Balaban J connectivity index is 0.00000334. The molecule has 3 fully saturated rings. The Morgan fingerprint density at radius 1 is 1.13 bits per heavy atom. The van der Waals surface area contributed by atoms with Crippen molar-refractivity contribution < 1.29 is 43.3 Å². The van der Waals surface area contributed by atoms with Gasteiger partial charge in [0.25, 0.3) is 0 Å². The fourth-order valence-corrected chi connectivity index (χ4v) is 12.8. The molecular formula is C53H59ClN6O9S2. The van der Waals surface area contributed by atoms with E-state index in [4.69, 9.17) is 35.6 Å². The maximum atomic E-state index is 13.0. The van der Waals surface area contributed by atoms with Gasteiger partial charge in [-0.05, 0) is 91.9 Å². The number of carboxylic acid groups (broad SMARTS) is 1. The molecule has 4 N–H and O–H groups in total. The lowest BCUT2D eigenvalue weighted by atomic mass is 9.84. The van der Waals surface area contributed by atoms with E-state index in [1.807, 2.05) is 78.5 Å². The van der Waals surface area contributed by atoms with Gasteiger partial charge in [-0.25, -0.2) is 9.10 Å². The molecule has 2 bridgehead atoms. The molecule has 1 amide bonds. The van der Waals surface area contributed by atoms with E-state index in [1.54, 1.807) is 7.05 Å². The smallest absolute Gasteiger partial charge is 0.349 e. The summed E-state index contributed by atoms with van der Waals surface area (Å²) in [5.74, 6) is -0.381. The number of amides is 1. The van der Waals surface area contributed by atoms with Crippen LogP contribution >= 0.6 is 34.9 Å². The second-order valence-corrected chi connectivity index (χ2v) is 20.8. The zero-order valence-electron chi connectivity index (χ0n) is 40.4. The Kier molecular flexibility index (Phi) is 16.1. The highest BCUT2D eigenvalue weighted by Gasteiger charge is 2.48. The topological polar surface area (TPSA) is 187 Å². The predicted octanol–water partition coefficient (Wildman–Crippen LogP) is 9.80. The molecule has 5 unspecified atom stereocenters. The molecule has 2 aromatic heterocycles. The van der Waals surface area contributed by atoms with Crippen molar-refractivity contribution in [1.29, 1.82) is 0 Å². The van der Waals surface area contributed by atoms with Crippen LogP contribution in [0.5, 0.6) is 5.75 Å². The predicted molar refractivity (Wildman–Crippen MR) is 283 cm³/mol. The molecule has 0 radical (unpaired) electrons. The Hall–Kier alpha value is -5.95. The van der Waals surface area contributed by atoms with Crippen molar-refractivity contribution in [2.45, 2.75) is 87.6 Å². The number of carboxylic acids is 1. The van der Waals surface area contributed by atoms with Gasteiger partial charge in [0, 0.05) is 79.7 Å². The van der Waals surface area contributed by atoms with Gasteiger partial charge < -0.3 is 39.6 Å². The van der Waals surface area contributed by atoms with Gasteiger partial charge in [0.05, 0.1) is 17.5 Å². The number of fused-ring (bicyclic) bond motifs is 4. The van der Waals surface area contributed by atoms with Gasteiger partial charge >= 0.3 is 12.0 Å². The molecule has 3 aliphatic heterocycles. The van der Waals surface area contributed by atoms with Crippen molar-refractivity contribution in [2.24, 2.45) is 0 Å². The van der Waals surface area contributed by atoms with E-state index < -0.39 is 12.0 Å². The van der Waals surface area contributed by atoms with Crippen LogP contribution < -0.4 is 25.2 Å². The minimum atomic E-state index is -1.16. The summed E-state index contributed by atoms with van der Waals surface area (Å²) in [6, 6.07) is 24.3. The van der Waals surface area contributed by atoms with Crippen molar-refractivity contribution in [3.63, 3.8) is 0 Å². The van der Waals surface area contributed by atoms with Crippen LogP contribution in [0.3, 0.4) is 0 Å². The summed E-state index contributed by atoms with van der Waals surface area (Å²) in [5.41, 5.74) is 6.75. The molecule has 71 heavy (non-hydrogen) atoms. The molecule has 9 rings (SSSR count). The Labute approximate surface area is 426 Å². The molecule has 3 saturated heterocycles. The van der Waals surface area contributed by atoms with E-state index in [-0.39, 0.29) is 58.0 Å². The Bertz CT molecular complexity index is 2940. The Morgan fingerprint density at radius 2 is 1.93 bits per heavy atom. The number of rotatable bonds is 19. The highest BCUT2D eigenvalue weighted by Crippen LogP contribution is 2.49. The largest absolute Gasteiger partial charge is 0.483 e. The first-order valence-corrected chi connectivity index (χ1v) is 25.7. The van der Waals surface area contributed by atoms with Crippen molar-refractivity contribution in [1.82, 2.24) is 14.6 Å². The fourth-order valence-electron chi connectivity index (χ4n) is 10.2. The van der Waals surface area contributed by atoms with Crippen molar-refractivity contribution >= 4 is 98.6 Å². The van der Waals surface area contributed by atoms with E-state index in [9.17, 15) is 24.3 Å². The lowest BCUT2D eigenvalue weighted by molar-refractivity contribution is -0.122. The minimum absolute atomic E-state index is 0.0101. The quantitative estimate of drug-likeness (QED) is 0.0341. The van der Waals surface area contributed by atoms with Gasteiger partial charge in [0.2, 0.25) is 5.91 Å². The number of carbonyl (C=O) groups is 4. The van der Waals surface area contributed by atoms with Gasteiger partial charge in [-0.15, -0.1) is 17.9 Å². The van der Waals surface area contributed by atoms with Crippen molar-refractivity contribution in [3.8, 4) is 16.2 Å². The van der Waals surface area contributed by atoms with Crippen molar-refractivity contribution in [3.05, 3.63) is 112 Å². The number of aliphatic hydroxyl groups excluding tert-OH is 1. The van der Waals surface area contributed by atoms with E-state index in [2.05, 4.69) is 64.5 Å². The Morgan fingerprint density at radius 3 is 2.63 bits per heavy atom. The zero-order chi connectivity index (χ0) is 50.6. The number of nitrogens with zero attached hydrogens (tertiary/aromatic N) is 4. The number of thiophene rings is 1. The third-order valence-electron chi connectivity index (χ3n) is 13.6. The molecule has 5 heterocycles. The van der Waals surface area contributed by atoms with Crippen LogP contribution in [-0.4, -0.2) is 115 Å². The van der Waals surface area contributed by atoms with Crippen LogP contribution in [0.1, 0.15) is 83.0 Å². The number of nitrogens with one attached hydrogen (secondary N) is 2. The van der Waals surface area contributed by atoms with Crippen LogP contribution in [0.25, 0.3) is 32.3 Å². The molecule has 0 aliphatic carbocycles. The summed E-state index contributed by atoms with van der Waals surface area (Å²) < 4.78 is 20.8. The van der Waals surface area contributed by atoms with Gasteiger partial charge in [0.1, 0.15) is 29.4 Å². The maximum absolute atomic E-state index is 13.0. The third kappa shape index (κ3) is 10.5. The molecule has 5 atom stereocenters. The lowest BCUT2D eigenvalue weighted by Gasteiger charge is -2.45. The van der Waals surface area contributed by atoms with E-state index in [0.29, 0.717) is 42.1 Å². The summed E-state index contributed by atoms with van der Waals surface area (Å²) in [7, 11) is 4.55. The average molecular weight is 1020 g/mol. The highest BCUT2D eigenvalue weighted by molar-refractivity contribution is 7.96. The summed E-state index contributed by atoms with van der Waals surface area (Å²) in [4.78, 5) is 58.0. The first-order valence-electron chi connectivity index (χ1n) is 23.5. The van der Waals surface area contributed by atoms with Crippen LogP contribution in [0, 0.1) is 0 Å². The maximum Gasteiger partial charge on any atom is 0.349 e. The van der Waals surface area contributed by atoms with Gasteiger partial charge in [-0.2, -0.15) is 4.98 Å². The second kappa shape index (κ2) is 22.2. The van der Waals surface area contributed by atoms with Gasteiger partial charge in [-0.1, -0.05) is 72.1 Å². The first kappa shape index (κ1) is 51.4. The SMILES string of the molecule is C=CCCC(C(=O)NC)N(C)c1ccc(C2CC3OC2CN3c2nc3cc(CSN4CCC(Nc5cccc(-c6sc(C(=O)O)c(OCC=O)c6Cl)c5)CC4(C)C)ccc3o2)c2cccc(C=O)c12.CO. The lowest BCUT2D eigenvalue weighted by Crippen LogP contribution is -2.49. The second-order valence-electron chi connectivity index (χ2n) is 18.4. The number of aliphatic hydroxyl groups is 1. The number of hydrogen-bond acceptors (Lipinski definition) is 15. The number of aromatic carboxylic acids is 1. The number of halogens is 1. The molecular weight excluding hydrogens is 964 g/mol. The minimum Gasteiger partial charge on any atom is -0.483 e. The van der Waals surface area contributed by atoms with Gasteiger partial charge in [-0.3, -0.25) is 19.3 Å². The molecule has 15 nitrogen and oxygen atoms in total. The van der Waals surface area contributed by atoms with E-state index >= 15 is 0 Å². The number of hydrogen-bond donors (Lipinski definition) is 4. The monoisotopic (exact) mass is 1020 g/mol. The van der Waals surface area contributed by atoms with Gasteiger partial charge in [0.15, 0.2) is 28.8 Å². The number of piperidine rings is 2. The number of anilines is 3. The van der Waals surface area contributed by atoms with Crippen LogP contribution in [0.4, 0.5) is 17.4 Å². The number of aromatic nitrogens is 1. The molecule has 6 aromatic rings. The molecule has 0 spiro atoms. The molecule has 4 aromatic carbocycles. The first-order chi connectivity index (χ1) is 34.3. The van der Waals surface area contributed by atoms with Crippen molar-refractivity contribution in [2.75, 3.05) is 56.0 Å². The number of allylic oxidation sites excluding steroid dienone is 1. The standard InChI is InChI=1S/C52H55ClN6O8S2.CH4O/c1-6-7-14-40(49(62)54-4)57(5)39-17-16-35(36-13-9-11-32(28-61)44(36)39)37-25-43-58(27-42(37)66-43)51-56-38-23-30(15-18-41(38)67-51)29-68-59-20-19-34(26-52(59,2)3)55-33-12-8-10-31(24-33)47-45(53)46(65-22-21-60)48(69-47)50(63)64;1-2/h6,8-13,15-18,21,23-24,28,34,37,40,42-43,55H,1,7,14,19-20,22,25-27,29H2,2-5H3,(H,54,62)(H,63,64);2H,1H3. The summed E-state index contributed by atoms with van der Waals surface area (Å²) in [6.07, 6.45) is 6.77. The van der Waals surface area contributed by atoms with E-state index in [0.717, 1.165) is 106 Å². The number of carbonyl (C=O) groups excluding carboxylic acids is 3. The molecule has 374 valence electrons. The normalized spacial score (nSPS) is 19.7. The average Bonchev–Trinajstić information content (AvgIpc) is 4.18. The van der Waals surface area contributed by atoms with Crippen LogP contribution in [-0.2, 0) is 20.1 Å². The third-order valence-corrected chi connectivity index (χ3v) is 16.7. The summed E-state index contributed by atoms with van der Waals surface area (Å²) in [5, 5.41) is 25.2. The highest BCUT2D eigenvalue weighted by atomic mass is 35.5. The zero-order valence-corrected chi connectivity index (χ0v) is 42.7. The number of likely N-dealkylation sites (N-methyl/N-ethyl adjacent to an activating group) is 2. The summed E-state index contributed by atoms with van der Waals surface area (Å²) in [6.45, 7) is 9.59. The van der Waals surface area contributed by atoms with E-state index in [1.165, 1.54) is 0 Å². The fraction of sp³-hybridized carbons (Fsp3) is 0.377. The number of oxazole rings is 1. The number of benzene rings is 4. The number of ether oxygens (including phenoxy) is 2. The number of aldehydes is 2. The molecule has 3 aliphatic rings. The van der Waals surface area contributed by atoms with Crippen LogP contribution in [0.2, 0.25) is 5.02 Å². The summed E-state index contributed by atoms with van der Waals surface area (Å²) >= 11 is 9.45.